The monoisotopic (exact) mass is 246 g/mol. The van der Waals surface area contributed by atoms with E-state index in [4.69, 9.17) is 16.3 Å². The molecule has 1 rings (SSSR count). The first-order chi connectivity index (χ1) is 7.52. The van der Waals surface area contributed by atoms with Crippen LogP contribution in [0.3, 0.4) is 0 Å². The number of aromatic nitrogens is 1. The number of ether oxygens (including phenoxy) is 1. The third kappa shape index (κ3) is 2.16. The molecule has 0 bridgehead atoms. The van der Waals surface area contributed by atoms with Crippen molar-refractivity contribution in [3.8, 4) is 0 Å². The molecule has 1 aromatic rings. The largest absolute Gasteiger partial charge is 0.461 e. The second-order valence-electron chi connectivity index (χ2n) is 3.03. The molecule has 0 aromatic carbocycles. The number of nitrogens with zero attached hydrogens (tertiary/aromatic N) is 2. The van der Waals surface area contributed by atoms with Crippen LogP contribution in [0.15, 0.2) is 6.07 Å². The fourth-order valence-corrected chi connectivity index (χ4v) is 1.66. The zero-order chi connectivity index (χ0) is 12.3. The third-order valence-corrected chi connectivity index (χ3v) is 2.40. The second-order valence-corrected chi connectivity index (χ2v) is 3.30. The van der Waals surface area contributed by atoms with Gasteiger partial charge in [-0.1, -0.05) is 0 Å². The second kappa shape index (κ2) is 4.98. The van der Waals surface area contributed by atoms with Crippen LogP contribution < -0.4 is 0 Å². The number of alkyl halides is 1. The zero-order valence-corrected chi connectivity index (χ0v) is 9.65. The van der Waals surface area contributed by atoms with Gasteiger partial charge < -0.3 is 9.30 Å². The lowest BCUT2D eigenvalue weighted by Gasteiger charge is -2.03. The van der Waals surface area contributed by atoms with Gasteiger partial charge in [-0.05, 0) is 6.92 Å². The molecule has 0 aliphatic heterocycles. The van der Waals surface area contributed by atoms with Gasteiger partial charge in [0.1, 0.15) is 11.4 Å². The van der Waals surface area contributed by atoms with Gasteiger partial charge in [-0.15, -0.1) is 11.6 Å². The van der Waals surface area contributed by atoms with E-state index in [2.05, 4.69) is 0 Å². The van der Waals surface area contributed by atoms with E-state index in [1.54, 1.807) is 6.92 Å². The smallest absolute Gasteiger partial charge is 0.355 e. The first-order valence-corrected chi connectivity index (χ1v) is 5.12. The third-order valence-electron chi connectivity index (χ3n) is 2.14. The molecule has 7 heteroatoms. The van der Waals surface area contributed by atoms with E-state index in [1.807, 2.05) is 0 Å². The Morgan fingerprint density at radius 3 is 2.69 bits per heavy atom. The average Bonchev–Trinajstić information content (AvgIpc) is 2.55. The number of hydrogen-bond donors (Lipinski definition) is 0. The molecule has 0 saturated carbocycles. The number of halogens is 1. The number of carbonyl (C=O) groups is 1. The fraction of sp³-hybridized carbons (Fsp3) is 0.444. The molecule has 0 unspecified atom stereocenters. The van der Waals surface area contributed by atoms with Gasteiger partial charge in [0.15, 0.2) is 0 Å². The highest BCUT2D eigenvalue weighted by molar-refractivity contribution is 6.17. The van der Waals surface area contributed by atoms with Crippen molar-refractivity contribution in [1.29, 1.82) is 0 Å². The number of carbonyl (C=O) groups excluding carboxylic acids is 1. The van der Waals surface area contributed by atoms with Crippen molar-refractivity contribution in [3.05, 3.63) is 27.6 Å². The lowest BCUT2D eigenvalue weighted by atomic mass is 10.4. The summed E-state index contributed by atoms with van der Waals surface area (Å²) in [6, 6.07) is 1.18. The van der Waals surface area contributed by atoms with Crippen LogP contribution in [0.25, 0.3) is 0 Å². The molecular weight excluding hydrogens is 236 g/mol. The summed E-state index contributed by atoms with van der Waals surface area (Å²) in [5, 5.41) is 10.7. The molecule has 16 heavy (non-hydrogen) atoms. The normalized spacial score (nSPS) is 10.2. The highest BCUT2D eigenvalue weighted by Crippen LogP contribution is 2.24. The quantitative estimate of drug-likeness (QED) is 0.352. The minimum atomic E-state index is -0.593. The first-order valence-electron chi connectivity index (χ1n) is 4.59. The zero-order valence-electron chi connectivity index (χ0n) is 8.90. The summed E-state index contributed by atoms with van der Waals surface area (Å²) in [5.41, 5.74) is 0.250. The first kappa shape index (κ1) is 12.5. The minimum Gasteiger partial charge on any atom is -0.461 e. The van der Waals surface area contributed by atoms with Crippen LogP contribution in [0.1, 0.15) is 23.1 Å². The van der Waals surface area contributed by atoms with E-state index in [9.17, 15) is 14.9 Å². The number of nitro groups is 1. The predicted molar refractivity (Wildman–Crippen MR) is 57.6 cm³/mol. The van der Waals surface area contributed by atoms with Gasteiger partial charge in [-0.25, -0.2) is 4.79 Å². The Bertz CT molecular complexity index is 427. The number of hydrogen-bond acceptors (Lipinski definition) is 4. The SMILES string of the molecule is CCOC(=O)c1cc([N+](=O)[O-])c(CCl)n1C. The summed E-state index contributed by atoms with van der Waals surface area (Å²) < 4.78 is 6.15. The highest BCUT2D eigenvalue weighted by atomic mass is 35.5. The molecule has 0 saturated heterocycles. The van der Waals surface area contributed by atoms with Gasteiger partial charge in [-0.2, -0.15) is 0 Å². The molecule has 0 radical (unpaired) electrons. The number of esters is 1. The van der Waals surface area contributed by atoms with Crippen molar-refractivity contribution in [2.45, 2.75) is 12.8 Å². The summed E-state index contributed by atoms with van der Waals surface area (Å²) in [6.07, 6.45) is 0. The van der Waals surface area contributed by atoms with Gasteiger partial charge in [0, 0.05) is 13.1 Å². The van der Waals surface area contributed by atoms with Gasteiger partial charge in [0.05, 0.1) is 17.4 Å². The maximum atomic E-state index is 11.5. The molecule has 1 heterocycles. The van der Waals surface area contributed by atoms with Crippen molar-refractivity contribution in [3.63, 3.8) is 0 Å². The van der Waals surface area contributed by atoms with E-state index >= 15 is 0 Å². The maximum Gasteiger partial charge on any atom is 0.355 e. The molecular formula is C9H11ClN2O4. The van der Waals surface area contributed by atoms with E-state index in [0.717, 1.165) is 0 Å². The van der Waals surface area contributed by atoms with Crippen LogP contribution in [0.5, 0.6) is 0 Å². The van der Waals surface area contributed by atoms with Crippen molar-refractivity contribution in [2.75, 3.05) is 6.61 Å². The lowest BCUT2D eigenvalue weighted by molar-refractivity contribution is -0.385. The molecule has 0 amide bonds. The molecule has 88 valence electrons. The summed E-state index contributed by atoms with van der Waals surface area (Å²) in [5.74, 6) is -0.629. The molecule has 6 nitrogen and oxygen atoms in total. The van der Waals surface area contributed by atoms with Gasteiger partial charge in [-0.3, -0.25) is 10.1 Å². The van der Waals surface area contributed by atoms with Crippen LogP contribution in [0.2, 0.25) is 0 Å². The van der Waals surface area contributed by atoms with Crippen LogP contribution in [0, 0.1) is 10.1 Å². The Morgan fingerprint density at radius 2 is 2.31 bits per heavy atom. The van der Waals surface area contributed by atoms with Crippen molar-refractivity contribution < 1.29 is 14.5 Å². The minimum absolute atomic E-state index is 0.0355. The van der Waals surface area contributed by atoms with Crippen LogP contribution in [0.4, 0.5) is 5.69 Å². The maximum absolute atomic E-state index is 11.5. The molecule has 0 aliphatic carbocycles. The summed E-state index contributed by atoms with van der Waals surface area (Å²) >= 11 is 5.60. The van der Waals surface area contributed by atoms with E-state index in [-0.39, 0.29) is 29.6 Å². The highest BCUT2D eigenvalue weighted by Gasteiger charge is 2.24. The van der Waals surface area contributed by atoms with Crippen molar-refractivity contribution >= 4 is 23.3 Å². The van der Waals surface area contributed by atoms with E-state index in [1.165, 1.54) is 17.7 Å². The molecule has 0 fully saturated rings. The summed E-state index contributed by atoms with van der Waals surface area (Å²) in [7, 11) is 1.54. The van der Waals surface area contributed by atoms with Crippen LogP contribution in [-0.2, 0) is 17.7 Å². The number of rotatable bonds is 4. The Morgan fingerprint density at radius 1 is 1.69 bits per heavy atom. The average molecular weight is 247 g/mol. The van der Waals surface area contributed by atoms with Gasteiger partial charge in [0.25, 0.3) is 5.69 Å². The molecule has 0 spiro atoms. The lowest BCUT2D eigenvalue weighted by Crippen LogP contribution is -2.10. The van der Waals surface area contributed by atoms with Gasteiger partial charge in [0.2, 0.25) is 0 Å². The van der Waals surface area contributed by atoms with E-state index in [0.29, 0.717) is 0 Å². The molecule has 0 aliphatic rings. The summed E-state index contributed by atoms with van der Waals surface area (Å²) in [4.78, 5) is 21.6. The van der Waals surface area contributed by atoms with Gasteiger partial charge >= 0.3 is 5.97 Å². The Kier molecular flexibility index (Phi) is 3.89. The molecule has 0 atom stereocenters. The Labute approximate surface area is 96.9 Å². The van der Waals surface area contributed by atoms with Crippen molar-refractivity contribution in [2.24, 2.45) is 7.05 Å². The topological polar surface area (TPSA) is 74.4 Å². The van der Waals surface area contributed by atoms with Crippen molar-refractivity contribution in [1.82, 2.24) is 4.57 Å². The fourth-order valence-electron chi connectivity index (χ4n) is 1.34. The van der Waals surface area contributed by atoms with Crippen LogP contribution >= 0.6 is 11.6 Å². The standard InChI is InChI=1S/C9H11ClN2O4/c1-3-16-9(13)7-4-6(12(14)15)8(5-10)11(7)2/h4H,3,5H2,1-2H3. The molecule has 1 aromatic heterocycles. The Balaban J connectivity index is 3.22. The summed E-state index contributed by atoms with van der Waals surface area (Å²) in [6.45, 7) is 1.88. The predicted octanol–water partition coefficient (Wildman–Crippen LogP) is 1.85. The van der Waals surface area contributed by atoms with Crippen LogP contribution in [-0.4, -0.2) is 22.1 Å². The molecule has 0 N–H and O–H groups in total. The van der Waals surface area contributed by atoms with E-state index < -0.39 is 10.9 Å². The Hall–Kier alpha value is -1.56.